The molecule has 0 fully saturated rings. The van der Waals surface area contributed by atoms with Gasteiger partial charge in [0.1, 0.15) is 5.82 Å². The summed E-state index contributed by atoms with van der Waals surface area (Å²) in [5.74, 6) is -3.65. The molecule has 0 aliphatic rings. The normalized spacial score (nSPS) is 10.6. The molecule has 0 atom stereocenters. The van der Waals surface area contributed by atoms with Crippen molar-refractivity contribution in [2.75, 3.05) is 17.2 Å². The molecule has 0 amide bonds. The average molecular weight is 336 g/mol. The minimum Gasteiger partial charge on any atom is -0.369 e. The van der Waals surface area contributed by atoms with Crippen LogP contribution in [0.1, 0.15) is 6.92 Å². The minimum atomic E-state index is -1.54. The third kappa shape index (κ3) is 3.51. The van der Waals surface area contributed by atoms with Crippen LogP contribution in [0.15, 0.2) is 18.2 Å². The predicted molar refractivity (Wildman–Crippen MR) is 78.0 cm³/mol. The van der Waals surface area contributed by atoms with Gasteiger partial charge < -0.3 is 10.6 Å². The number of anilines is 3. The third-order valence-corrected chi connectivity index (χ3v) is 3.10. The fourth-order valence-electron chi connectivity index (χ4n) is 1.61. The topological polar surface area (TPSA) is 37.0 Å². The van der Waals surface area contributed by atoms with Crippen LogP contribution in [0.4, 0.5) is 30.5 Å². The molecule has 1 aromatic heterocycles. The van der Waals surface area contributed by atoms with Crippen molar-refractivity contribution in [1.82, 2.24) is 4.98 Å². The predicted octanol–water partition coefficient (Wildman–Crippen LogP) is 4.98. The van der Waals surface area contributed by atoms with Gasteiger partial charge in [-0.3, -0.25) is 0 Å². The van der Waals surface area contributed by atoms with E-state index in [1.165, 1.54) is 6.07 Å². The van der Waals surface area contributed by atoms with Gasteiger partial charge >= 0.3 is 0 Å². The molecule has 0 radical (unpaired) electrons. The van der Waals surface area contributed by atoms with Gasteiger partial charge in [0.05, 0.1) is 10.0 Å². The highest BCUT2D eigenvalue weighted by atomic mass is 35.5. The van der Waals surface area contributed by atoms with Gasteiger partial charge in [0.15, 0.2) is 23.3 Å². The van der Waals surface area contributed by atoms with Crippen molar-refractivity contribution in [2.24, 2.45) is 0 Å². The molecule has 2 rings (SSSR count). The second kappa shape index (κ2) is 6.41. The van der Waals surface area contributed by atoms with E-state index in [9.17, 15) is 13.2 Å². The molecule has 0 aliphatic carbocycles. The summed E-state index contributed by atoms with van der Waals surface area (Å²) in [4.78, 5) is 4.11. The Balaban J connectivity index is 2.37. The van der Waals surface area contributed by atoms with Crippen molar-refractivity contribution < 1.29 is 13.2 Å². The van der Waals surface area contributed by atoms with Crippen LogP contribution in [0.3, 0.4) is 0 Å². The molecule has 0 unspecified atom stereocenters. The van der Waals surface area contributed by atoms with Crippen LogP contribution in [-0.4, -0.2) is 11.5 Å². The molecule has 3 nitrogen and oxygen atoms in total. The van der Waals surface area contributed by atoms with E-state index in [1.54, 1.807) is 0 Å². The summed E-state index contributed by atoms with van der Waals surface area (Å²) in [6, 6.07) is 3.04. The van der Waals surface area contributed by atoms with E-state index in [2.05, 4.69) is 15.6 Å². The average Bonchev–Trinajstić information content (AvgIpc) is 2.41. The van der Waals surface area contributed by atoms with E-state index in [0.717, 1.165) is 12.1 Å². The number of rotatable bonds is 4. The highest BCUT2D eigenvalue weighted by Gasteiger charge is 2.13. The fraction of sp³-hybridized carbons (Fsp3) is 0.154. The summed E-state index contributed by atoms with van der Waals surface area (Å²) in [6.45, 7) is 2.43. The Morgan fingerprint density at radius 2 is 1.57 bits per heavy atom. The van der Waals surface area contributed by atoms with Crippen LogP contribution in [0.2, 0.25) is 10.0 Å². The van der Waals surface area contributed by atoms with Crippen LogP contribution in [0, 0.1) is 17.5 Å². The monoisotopic (exact) mass is 335 g/mol. The van der Waals surface area contributed by atoms with Gasteiger partial charge in [0, 0.05) is 24.4 Å². The van der Waals surface area contributed by atoms with Crippen molar-refractivity contribution >= 4 is 40.5 Å². The van der Waals surface area contributed by atoms with Crippen LogP contribution in [0.5, 0.6) is 0 Å². The summed E-state index contributed by atoms with van der Waals surface area (Å²) in [7, 11) is 0. The summed E-state index contributed by atoms with van der Waals surface area (Å²) in [5.41, 5.74) is -0.0226. The van der Waals surface area contributed by atoms with Crippen LogP contribution in [-0.2, 0) is 0 Å². The van der Waals surface area contributed by atoms with Gasteiger partial charge in [-0.1, -0.05) is 23.2 Å². The molecule has 1 heterocycles. The Labute approximate surface area is 129 Å². The Morgan fingerprint density at radius 1 is 1.00 bits per heavy atom. The van der Waals surface area contributed by atoms with Crippen LogP contribution < -0.4 is 10.6 Å². The SMILES string of the molecule is CCNc1nc(Nc2cc(F)c(F)c(F)c2)c(Cl)cc1Cl. The first-order valence-electron chi connectivity index (χ1n) is 5.93. The van der Waals surface area contributed by atoms with Crippen molar-refractivity contribution in [3.63, 3.8) is 0 Å². The molecule has 112 valence electrons. The Bertz CT molecular complexity index is 657. The Kier molecular flexibility index (Phi) is 4.80. The molecule has 0 saturated heterocycles. The second-order valence-electron chi connectivity index (χ2n) is 4.06. The standard InChI is InChI=1S/C13H10Cl2F3N3/c1-2-19-12-7(14)5-8(15)13(21-12)20-6-3-9(16)11(18)10(17)4-6/h3-5H,2H2,1H3,(H2,19,20,21). The summed E-state index contributed by atoms with van der Waals surface area (Å²) < 4.78 is 39.2. The zero-order valence-corrected chi connectivity index (χ0v) is 12.3. The van der Waals surface area contributed by atoms with E-state index >= 15 is 0 Å². The first-order chi connectivity index (χ1) is 9.92. The maximum absolute atomic E-state index is 13.2. The lowest BCUT2D eigenvalue weighted by Gasteiger charge is -2.12. The lowest BCUT2D eigenvalue weighted by molar-refractivity contribution is 0.448. The van der Waals surface area contributed by atoms with E-state index in [-0.39, 0.29) is 16.5 Å². The van der Waals surface area contributed by atoms with Gasteiger partial charge in [0.25, 0.3) is 0 Å². The van der Waals surface area contributed by atoms with Crippen LogP contribution in [0.25, 0.3) is 0 Å². The first-order valence-corrected chi connectivity index (χ1v) is 6.69. The van der Waals surface area contributed by atoms with Gasteiger partial charge in [0.2, 0.25) is 0 Å². The highest BCUT2D eigenvalue weighted by molar-refractivity contribution is 6.37. The van der Waals surface area contributed by atoms with Crippen molar-refractivity contribution in [3.05, 3.63) is 45.7 Å². The van der Waals surface area contributed by atoms with Crippen molar-refractivity contribution in [1.29, 1.82) is 0 Å². The zero-order valence-electron chi connectivity index (χ0n) is 10.8. The van der Waals surface area contributed by atoms with E-state index in [0.29, 0.717) is 17.4 Å². The number of halogens is 5. The Morgan fingerprint density at radius 3 is 2.14 bits per heavy atom. The van der Waals surface area contributed by atoms with Gasteiger partial charge in [-0.25, -0.2) is 18.2 Å². The minimum absolute atomic E-state index is 0.0226. The summed E-state index contributed by atoms with van der Waals surface area (Å²) in [6.07, 6.45) is 0. The fourth-order valence-corrected chi connectivity index (χ4v) is 2.08. The van der Waals surface area contributed by atoms with Crippen molar-refractivity contribution in [3.8, 4) is 0 Å². The number of aromatic nitrogens is 1. The van der Waals surface area contributed by atoms with Gasteiger partial charge in [-0.05, 0) is 13.0 Å². The largest absolute Gasteiger partial charge is 0.369 e. The summed E-state index contributed by atoms with van der Waals surface area (Å²) >= 11 is 11.9. The van der Waals surface area contributed by atoms with E-state index < -0.39 is 17.5 Å². The molecule has 0 bridgehead atoms. The van der Waals surface area contributed by atoms with Crippen molar-refractivity contribution in [2.45, 2.75) is 6.92 Å². The molecule has 0 aliphatic heterocycles. The molecule has 0 spiro atoms. The number of nitrogens with one attached hydrogen (secondary N) is 2. The van der Waals surface area contributed by atoms with E-state index in [1.807, 2.05) is 6.92 Å². The molecule has 8 heteroatoms. The number of hydrogen-bond donors (Lipinski definition) is 2. The Hall–Kier alpha value is -1.66. The molecular formula is C13H10Cl2F3N3. The molecule has 1 aromatic carbocycles. The zero-order chi connectivity index (χ0) is 15.6. The van der Waals surface area contributed by atoms with E-state index in [4.69, 9.17) is 23.2 Å². The van der Waals surface area contributed by atoms with Gasteiger partial charge in [-0.2, -0.15) is 0 Å². The highest BCUT2D eigenvalue weighted by Crippen LogP contribution is 2.31. The number of hydrogen-bond acceptors (Lipinski definition) is 3. The number of benzene rings is 1. The van der Waals surface area contributed by atoms with Gasteiger partial charge in [-0.15, -0.1) is 0 Å². The lowest BCUT2D eigenvalue weighted by Crippen LogP contribution is -2.04. The number of nitrogens with zero attached hydrogens (tertiary/aromatic N) is 1. The molecule has 21 heavy (non-hydrogen) atoms. The smallest absolute Gasteiger partial charge is 0.194 e. The maximum Gasteiger partial charge on any atom is 0.194 e. The van der Waals surface area contributed by atoms with Crippen LogP contribution >= 0.6 is 23.2 Å². The molecular weight excluding hydrogens is 326 g/mol. The molecule has 2 aromatic rings. The second-order valence-corrected chi connectivity index (χ2v) is 4.87. The molecule has 2 N–H and O–H groups in total. The lowest BCUT2D eigenvalue weighted by atomic mass is 10.3. The maximum atomic E-state index is 13.2. The molecule has 0 saturated carbocycles. The third-order valence-electron chi connectivity index (χ3n) is 2.52. The summed E-state index contributed by atoms with van der Waals surface area (Å²) in [5, 5.41) is 6.00. The number of pyridine rings is 1. The first kappa shape index (κ1) is 15.7. The quantitative estimate of drug-likeness (QED) is 0.773.